The van der Waals surface area contributed by atoms with Crippen LogP contribution in [0.15, 0.2) is 48.5 Å². The number of hydrogen-bond donors (Lipinski definition) is 1. The highest BCUT2D eigenvalue weighted by molar-refractivity contribution is 5.94. The quantitative estimate of drug-likeness (QED) is 0.840. The summed E-state index contributed by atoms with van der Waals surface area (Å²) in [6.07, 6.45) is 1.43. The van der Waals surface area contributed by atoms with E-state index in [9.17, 15) is 18.8 Å². The molecule has 29 heavy (non-hydrogen) atoms. The molecule has 0 saturated carbocycles. The van der Waals surface area contributed by atoms with Crippen LogP contribution in [0.25, 0.3) is 0 Å². The Kier molecular flexibility index (Phi) is 6.26. The molecule has 2 amide bonds. The summed E-state index contributed by atoms with van der Waals surface area (Å²) in [5.74, 6) is -1.94. The van der Waals surface area contributed by atoms with Gasteiger partial charge < -0.3 is 14.9 Å². The van der Waals surface area contributed by atoms with Gasteiger partial charge in [-0.3, -0.25) is 9.59 Å². The zero-order chi connectivity index (χ0) is 21.0. The molecule has 0 aromatic heterocycles. The van der Waals surface area contributed by atoms with E-state index in [2.05, 4.69) is 0 Å². The Morgan fingerprint density at radius 2 is 1.69 bits per heavy atom. The van der Waals surface area contributed by atoms with Gasteiger partial charge in [0.25, 0.3) is 5.91 Å². The van der Waals surface area contributed by atoms with Crippen molar-refractivity contribution in [2.24, 2.45) is 5.92 Å². The Balaban J connectivity index is 1.61. The van der Waals surface area contributed by atoms with Crippen molar-refractivity contribution in [1.82, 2.24) is 9.80 Å². The molecule has 1 saturated heterocycles. The molecule has 1 heterocycles. The molecule has 2 aromatic rings. The molecular weight excluding hydrogens is 375 g/mol. The number of nitrogens with zero attached hydrogens (tertiary/aromatic N) is 2. The first-order chi connectivity index (χ1) is 13.8. The van der Waals surface area contributed by atoms with Crippen LogP contribution in [0, 0.1) is 11.7 Å². The van der Waals surface area contributed by atoms with E-state index in [4.69, 9.17) is 5.11 Å². The smallest absolute Gasteiger partial charge is 0.335 e. The lowest BCUT2D eigenvalue weighted by atomic mass is 9.95. The van der Waals surface area contributed by atoms with E-state index in [1.807, 2.05) is 0 Å². The summed E-state index contributed by atoms with van der Waals surface area (Å²) in [7, 11) is 1.70. The first kappa shape index (κ1) is 20.5. The van der Waals surface area contributed by atoms with Gasteiger partial charge in [0.05, 0.1) is 11.5 Å². The number of carboxylic acids is 1. The summed E-state index contributed by atoms with van der Waals surface area (Å²) < 4.78 is 13.1. The Hall–Kier alpha value is -3.22. The van der Waals surface area contributed by atoms with Crippen LogP contribution in [-0.4, -0.2) is 52.8 Å². The predicted octanol–water partition coefficient (Wildman–Crippen LogP) is 3.03. The van der Waals surface area contributed by atoms with Crippen molar-refractivity contribution in [3.8, 4) is 0 Å². The van der Waals surface area contributed by atoms with E-state index < -0.39 is 11.8 Å². The zero-order valence-electron chi connectivity index (χ0n) is 16.2. The van der Waals surface area contributed by atoms with Gasteiger partial charge in [-0.05, 0) is 54.8 Å². The molecule has 152 valence electrons. The third-order valence-corrected chi connectivity index (χ3v) is 5.15. The highest BCUT2D eigenvalue weighted by Gasteiger charge is 2.30. The molecule has 1 aliphatic heterocycles. The van der Waals surface area contributed by atoms with E-state index in [1.165, 1.54) is 36.4 Å². The summed E-state index contributed by atoms with van der Waals surface area (Å²) in [5, 5.41) is 8.97. The van der Waals surface area contributed by atoms with E-state index in [0.29, 0.717) is 31.6 Å². The second kappa shape index (κ2) is 8.86. The first-order valence-electron chi connectivity index (χ1n) is 9.47. The highest BCUT2D eigenvalue weighted by atomic mass is 19.1. The van der Waals surface area contributed by atoms with Gasteiger partial charge in [-0.1, -0.05) is 12.1 Å². The molecule has 6 nitrogen and oxygen atoms in total. The van der Waals surface area contributed by atoms with Crippen LogP contribution in [0.1, 0.15) is 39.1 Å². The fraction of sp³-hybridized carbons (Fsp3) is 0.318. The standard InChI is InChI=1S/C22H23FN2O4/c1-24(13-15-4-6-17(7-5-15)22(28)29)20(26)18-3-2-12-25(14-18)21(27)16-8-10-19(23)11-9-16/h4-11,18H,2-3,12-14H2,1H3,(H,28,29). The van der Waals surface area contributed by atoms with Gasteiger partial charge >= 0.3 is 5.97 Å². The number of benzene rings is 2. The number of carbonyl (C=O) groups excluding carboxylic acids is 2. The maximum Gasteiger partial charge on any atom is 0.335 e. The van der Waals surface area contributed by atoms with Crippen LogP contribution in [-0.2, 0) is 11.3 Å². The summed E-state index contributed by atoms with van der Waals surface area (Å²) in [6, 6.07) is 11.8. The van der Waals surface area contributed by atoms with Gasteiger partial charge in [0.2, 0.25) is 5.91 Å². The normalized spacial score (nSPS) is 16.3. The second-order valence-electron chi connectivity index (χ2n) is 7.29. The molecule has 1 N–H and O–H groups in total. The lowest BCUT2D eigenvalue weighted by Gasteiger charge is -2.34. The van der Waals surface area contributed by atoms with Crippen molar-refractivity contribution in [2.45, 2.75) is 19.4 Å². The molecule has 3 rings (SSSR count). The lowest BCUT2D eigenvalue weighted by molar-refractivity contribution is -0.136. The predicted molar refractivity (Wildman–Crippen MR) is 105 cm³/mol. The van der Waals surface area contributed by atoms with Gasteiger partial charge in [0.15, 0.2) is 0 Å². The highest BCUT2D eigenvalue weighted by Crippen LogP contribution is 2.21. The first-order valence-corrected chi connectivity index (χ1v) is 9.47. The number of carbonyl (C=O) groups is 3. The Labute approximate surface area is 168 Å². The van der Waals surface area contributed by atoms with Crippen molar-refractivity contribution in [1.29, 1.82) is 0 Å². The molecule has 1 unspecified atom stereocenters. The minimum atomic E-state index is -0.992. The van der Waals surface area contributed by atoms with Gasteiger partial charge in [-0.2, -0.15) is 0 Å². The molecule has 0 radical (unpaired) electrons. The second-order valence-corrected chi connectivity index (χ2v) is 7.29. The number of halogens is 1. The molecule has 1 aliphatic rings. The number of rotatable bonds is 5. The minimum absolute atomic E-state index is 0.0519. The van der Waals surface area contributed by atoms with Crippen LogP contribution >= 0.6 is 0 Å². The van der Waals surface area contributed by atoms with Crippen LogP contribution in [0.5, 0.6) is 0 Å². The lowest BCUT2D eigenvalue weighted by Crippen LogP contribution is -2.45. The number of piperidine rings is 1. The van der Waals surface area contributed by atoms with Crippen LogP contribution in [0.3, 0.4) is 0 Å². The molecule has 0 bridgehead atoms. The topological polar surface area (TPSA) is 77.9 Å². The summed E-state index contributed by atoms with van der Waals surface area (Å²) in [4.78, 5) is 39.7. The van der Waals surface area contributed by atoms with Crippen molar-refractivity contribution in [2.75, 3.05) is 20.1 Å². The van der Waals surface area contributed by atoms with Crippen molar-refractivity contribution < 1.29 is 23.9 Å². The SMILES string of the molecule is CN(Cc1ccc(C(=O)O)cc1)C(=O)C1CCCN(C(=O)c2ccc(F)cc2)C1. The number of carboxylic acid groups (broad SMARTS) is 1. The van der Waals surface area contributed by atoms with E-state index in [-0.39, 0.29) is 23.3 Å². The average molecular weight is 398 g/mol. The Morgan fingerprint density at radius 3 is 2.31 bits per heavy atom. The maximum absolute atomic E-state index is 13.1. The Bertz CT molecular complexity index is 896. The molecule has 7 heteroatoms. The largest absolute Gasteiger partial charge is 0.478 e. The van der Waals surface area contributed by atoms with Gasteiger partial charge in [-0.15, -0.1) is 0 Å². The number of hydrogen-bond acceptors (Lipinski definition) is 3. The average Bonchev–Trinajstić information content (AvgIpc) is 2.73. The van der Waals surface area contributed by atoms with E-state index in [1.54, 1.807) is 29.0 Å². The number of amides is 2. The monoisotopic (exact) mass is 398 g/mol. The third-order valence-electron chi connectivity index (χ3n) is 5.15. The van der Waals surface area contributed by atoms with E-state index >= 15 is 0 Å². The number of likely N-dealkylation sites (tertiary alicyclic amines) is 1. The van der Waals surface area contributed by atoms with Crippen LogP contribution in [0.2, 0.25) is 0 Å². The fourth-order valence-corrected chi connectivity index (χ4v) is 3.55. The van der Waals surface area contributed by atoms with Crippen LogP contribution < -0.4 is 0 Å². The fourth-order valence-electron chi connectivity index (χ4n) is 3.55. The van der Waals surface area contributed by atoms with Crippen molar-refractivity contribution >= 4 is 17.8 Å². The van der Waals surface area contributed by atoms with Crippen molar-refractivity contribution in [3.63, 3.8) is 0 Å². The third kappa shape index (κ3) is 4.99. The summed E-state index contributed by atoms with van der Waals surface area (Å²) in [5.41, 5.74) is 1.44. The maximum atomic E-state index is 13.1. The van der Waals surface area contributed by atoms with Crippen molar-refractivity contribution in [3.05, 3.63) is 71.0 Å². The Morgan fingerprint density at radius 1 is 1.07 bits per heavy atom. The van der Waals surface area contributed by atoms with E-state index in [0.717, 1.165) is 12.0 Å². The molecule has 1 atom stereocenters. The summed E-state index contributed by atoms with van der Waals surface area (Å²) >= 11 is 0. The van der Waals surface area contributed by atoms with Gasteiger partial charge in [-0.25, -0.2) is 9.18 Å². The van der Waals surface area contributed by atoms with Crippen LogP contribution in [0.4, 0.5) is 4.39 Å². The molecule has 0 spiro atoms. The van der Waals surface area contributed by atoms with Gasteiger partial charge in [0.1, 0.15) is 5.82 Å². The van der Waals surface area contributed by atoms with Gasteiger partial charge in [0, 0.05) is 32.2 Å². The zero-order valence-corrected chi connectivity index (χ0v) is 16.2. The minimum Gasteiger partial charge on any atom is -0.478 e. The molecule has 1 fully saturated rings. The molecule has 2 aromatic carbocycles. The number of aromatic carboxylic acids is 1. The summed E-state index contributed by atoms with van der Waals surface area (Å²) in [6.45, 7) is 1.26. The molecule has 0 aliphatic carbocycles. The molecular formula is C22H23FN2O4.